The van der Waals surface area contributed by atoms with Crippen LogP contribution in [0.2, 0.25) is 0 Å². The second-order valence-corrected chi connectivity index (χ2v) is 4.98. The van der Waals surface area contributed by atoms with Crippen molar-refractivity contribution in [2.45, 2.75) is 39.5 Å². The summed E-state index contributed by atoms with van der Waals surface area (Å²) in [6.45, 7) is 8.83. The van der Waals surface area contributed by atoms with Gasteiger partial charge in [0.1, 0.15) is 0 Å². The summed E-state index contributed by atoms with van der Waals surface area (Å²) in [6.07, 6.45) is 6.48. The first kappa shape index (κ1) is 11.4. The highest BCUT2D eigenvalue weighted by Gasteiger charge is 2.22. The molecule has 2 heterocycles. The Labute approximate surface area is 97.9 Å². The third kappa shape index (κ3) is 2.34. The van der Waals surface area contributed by atoms with Gasteiger partial charge in [0.05, 0.1) is 0 Å². The molecule has 0 unspecified atom stereocenters. The fraction of sp³-hybridized carbons (Fsp3) is 0.692. The molecule has 0 bridgehead atoms. The molecule has 1 aromatic rings. The van der Waals surface area contributed by atoms with Crippen LogP contribution in [-0.4, -0.2) is 23.1 Å². The zero-order valence-corrected chi connectivity index (χ0v) is 10.5. The minimum Gasteiger partial charge on any atom is -0.341 e. The lowest BCUT2D eigenvalue weighted by Crippen LogP contribution is -2.22. The van der Waals surface area contributed by atoms with Gasteiger partial charge in [-0.3, -0.25) is 0 Å². The van der Waals surface area contributed by atoms with Crippen LogP contribution in [0.15, 0.2) is 12.4 Å². The van der Waals surface area contributed by atoms with Crippen LogP contribution in [0.5, 0.6) is 0 Å². The third-order valence-corrected chi connectivity index (χ3v) is 3.47. The van der Waals surface area contributed by atoms with E-state index >= 15 is 0 Å². The highest BCUT2D eigenvalue weighted by Crippen LogP contribution is 2.23. The lowest BCUT2D eigenvalue weighted by atomic mass is 10.1. The van der Waals surface area contributed by atoms with Gasteiger partial charge >= 0.3 is 0 Å². The summed E-state index contributed by atoms with van der Waals surface area (Å²) in [4.78, 5) is 11.2. The molecule has 0 spiro atoms. The van der Waals surface area contributed by atoms with Crippen molar-refractivity contribution in [2.75, 3.05) is 18.0 Å². The summed E-state index contributed by atoms with van der Waals surface area (Å²) in [6, 6.07) is 0. The smallest absolute Gasteiger partial charge is 0.225 e. The summed E-state index contributed by atoms with van der Waals surface area (Å²) < 4.78 is 0. The number of nitrogens with zero attached hydrogens (tertiary/aromatic N) is 3. The van der Waals surface area contributed by atoms with E-state index in [-0.39, 0.29) is 0 Å². The molecule has 0 radical (unpaired) electrons. The normalized spacial score (nSPS) is 20.8. The second-order valence-electron chi connectivity index (χ2n) is 4.98. The van der Waals surface area contributed by atoms with Gasteiger partial charge in [-0.1, -0.05) is 27.2 Å². The Morgan fingerprint density at radius 2 is 2.06 bits per heavy atom. The summed E-state index contributed by atoms with van der Waals surface area (Å²) in [5, 5.41) is 0. The molecule has 0 saturated carbocycles. The van der Waals surface area contributed by atoms with Crippen LogP contribution in [0.25, 0.3) is 0 Å². The van der Waals surface area contributed by atoms with Crippen LogP contribution in [-0.2, 0) is 0 Å². The summed E-state index contributed by atoms with van der Waals surface area (Å²) in [5.41, 5.74) is 1.22. The Bertz CT molecular complexity index is 332. The fourth-order valence-corrected chi connectivity index (χ4v) is 2.14. The maximum atomic E-state index is 4.47. The standard InChI is InChI=1S/C13H21N3/c1-4-11-5-6-16(9-11)13-14-7-12(8-15-13)10(2)3/h7-8,10-11H,4-6,9H2,1-3H3/t11-/m1/s1. The quantitative estimate of drug-likeness (QED) is 0.782. The van der Waals surface area contributed by atoms with Crippen molar-refractivity contribution in [2.24, 2.45) is 5.92 Å². The fourth-order valence-electron chi connectivity index (χ4n) is 2.14. The predicted molar refractivity (Wildman–Crippen MR) is 66.7 cm³/mol. The zero-order chi connectivity index (χ0) is 11.5. The van der Waals surface area contributed by atoms with Gasteiger partial charge in [-0.2, -0.15) is 0 Å². The molecule has 0 aliphatic carbocycles. The SMILES string of the molecule is CC[C@@H]1CCN(c2ncc(C(C)C)cn2)C1. The maximum absolute atomic E-state index is 4.47. The number of anilines is 1. The molecule has 1 fully saturated rings. The van der Waals surface area contributed by atoms with Gasteiger partial charge in [0.15, 0.2) is 0 Å². The van der Waals surface area contributed by atoms with Gasteiger partial charge in [0.2, 0.25) is 5.95 Å². The van der Waals surface area contributed by atoms with Crippen molar-refractivity contribution in [1.29, 1.82) is 0 Å². The van der Waals surface area contributed by atoms with Crippen LogP contribution in [0.3, 0.4) is 0 Å². The topological polar surface area (TPSA) is 29.0 Å². The molecule has 16 heavy (non-hydrogen) atoms. The maximum Gasteiger partial charge on any atom is 0.225 e. The van der Waals surface area contributed by atoms with Gasteiger partial charge in [-0.05, 0) is 23.8 Å². The van der Waals surface area contributed by atoms with Crippen molar-refractivity contribution in [3.63, 3.8) is 0 Å². The van der Waals surface area contributed by atoms with E-state index in [0.717, 1.165) is 25.0 Å². The molecule has 1 aliphatic heterocycles. The zero-order valence-electron chi connectivity index (χ0n) is 10.5. The van der Waals surface area contributed by atoms with Crippen LogP contribution < -0.4 is 4.90 Å². The monoisotopic (exact) mass is 219 g/mol. The largest absolute Gasteiger partial charge is 0.341 e. The van der Waals surface area contributed by atoms with Crippen LogP contribution in [0.4, 0.5) is 5.95 Å². The van der Waals surface area contributed by atoms with Gasteiger partial charge in [-0.25, -0.2) is 9.97 Å². The number of aromatic nitrogens is 2. The Morgan fingerprint density at radius 1 is 1.38 bits per heavy atom. The predicted octanol–water partition coefficient (Wildman–Crippen LogP) is 2.84. The Morgan fingerprint density at radius 3 is 2.56 bits per heavy atom. The molecule has 0 N–H and O–H groups in total. The molecule has 0 aromatic carbocycles. The molecule has 1 aliphatic rings. The molecule has 2 rings (SSSR count). The van der Waals surface area contributed by atoms with Crippen molar-refractivity contribution in [3.8, 4) is 0 Å². The van der Waals surface area contributed by atoms with Gasteiger partial charge < -0.3 is 4.90 Å². The molecule has 3 nitrogen and oxygen atoms in total. The lowest BCUT2D eigenvalue weighted by Gasteiger charge is -2.16. The van der Waals surface area contributed by atoms with Crippen LogP contribution >= 0.6 is 0 Å². The first-order valence-corrected chi connectivity index (χ1v) is 6.27. The van der Waals surface area contributed by atoms with Gasteiger partial charge in [0, 0.05) is 25.5 Å². The third-order valence-electron chi connectivity index (χ3n) is 3.47. The Balaban J connectivity index is 2.05. The van der Waals surface area contributed by atoms with Crippen molar-refractivity contribution in [1.82, 2.24) is 9.97 Å². The van der Waals surface area contributed by atoms with E-state index in [1.54, 1.807) is 0 Å². The van der Waals surface area contributed by atoms with E-state index in [1.165, 1.54) is 18.4 Å². The Hall–Kier alpha value is -1.12. The summed E-state index contributed by atoms with van der Waals surface area (Å²) in [5.74, 6) is 2.24. The average Bonchev–Trinajstić information content (AvgIpc) is 2.77. The second kappa shape index (κ2) is 4.81. The average molecular weight is 219 g/mol. The van der Waals surface area contributed by atoms with E-state index in [4.69, 9.17) is 0 Å². The van der Waals surface area contributed by atoms with Crippen LogP contribution in [0, 0.1) is 5.92 Å². The number of hydrogen-bond acceptors (Lipinski definition) is 3. The van der Waals surface area contributed by atoms with Crippen LogP contribution in [0.1, 0.15) is 45.1 Å². The van der Waals surface area contributed by atoms with E-state index in [0.29, 0.717) is 5.92 Å². The molecule has 1 saturated heterocycles. The van der Waals surface area contributed by atoms with E-state index in [1.807, 2.05) is 12.4 Å². The van der Waals surface area contributed by atoms with E-state index in [9.17, 15) is 0 Å². The molecule has 3 heteroatoms. The van der Waals surface area contributed by atoms with Gasteiger partial charge in [0.25, 0.3) is 0 Å². The van der Waals surface area contributed by atoms with Crippen molar-refractivity contribution < 1.29 is 0 Å². The van der Waals surface area contributed by atoms with Crippen molar-refractivity contribution in [3.05, 3.63) is 18.0 Å². The number of rotatable bonds is 3. The summed E-state index contributed by atoms with van der Waals surface area (Å²) in [7, 11) is 0. The molecular weight excluding hydrogens is 198 g/mol. The van der Waals surface area contributed by atoms with E-state index < -0.39 is 0 Å². The molecule has 0 amide bonds. The summed E-state index contributed by atoms with van der Waals surface area (Å²) >= 11 is 0. The first-order valence-electron chi connectivity index (χ1n) is 6.27. The van der Waals surface area contributed by atoms with Crippen molar-refractivity contribution >= 4 is 5.95 Å². The lowest BCUT2D eigenvalue weighted by molar-refractivity contribution is 0.568. The Kier molecular flexibility index (Phi) is 3.42. The molecule has 1 atom stereocenters. The van der Waals surface area contributed by atoms with Gasteiger partial charge in [-0.15, -0.1) is 0 Å². The molecular formula is C13H21N3. The van der Waals surface area contributed by atoms with E-state index in [2.05, 4.69) is 35.6 Å². The minimum atomic E-state index is 0.510. The molecule has 1 aromatic heterocycles. The minimum absolute atomic E-state index is 0.510. The highest BCUT2D eigenvalue weighted by molar-refractivity contribution is 5.32. The molecule has 88 valence electrons. The first-order chi connectivity index (χ1) is 7.70. The highest BCUT2D eigenvalue weighted by atomic mass is 15.3. The number of hydrogen-bond donors (Lipinski definition) is 0.